The van der Waals surface area contributed by atoms with Gasteiger partial charge in [-0.2, -0.15) is 0 Å². The molecule has 0 saturated heterocycles. The third-order valence-corrected chi connectivity index (χ3v) is 5.61. The molecule has 1 N–H and O–H groups in total. The molecule has 1 aliphatic heterocycles. The zero-order valence-corrected chi connectivity index (χ0v) is 19.6. The van der Waals surface area contributed by atoms with Crippen molar-refractivity contribution in [3.05, 3.63) is 77.8 Å². The Morgan fingerprint density at radius 3 is 2.44 bits per heavy atom. The van der Waals surface area contributed by atoms with Crippen molar-refractivity contribution in [2.75, 3.05) is 7.05 Å². The van der Waals surface area contributed by atoms with Gasteiger partial charge in [-0.15, -0.1) is 0 Å². The van der Waals surface area contributed by atoms with Crippen LogP contribution in [0.1, 0.15) is 45.2 Å². The van der Waals surface area contributed by atoms with Crippen molar-refractivity contribution >= 4 is 22.5 Å². The molecule has 1 unspecified atom stereocenters. The van der Waals surface area contributed by atoms with Crippen LogP contribution >= 0.6 is 0 Å². The van der Waals surface area contributed by atoms with Crippen LogP contribution in [0.15, 0.2) is 71.7 Å². The van der Waals surface area contributed by atoms with Crippen LogP contribution in [0.4, 0.5) is 0 Å². The van der Waals surface area contributed by atoms with E-state index in [1.165, 1.54) is 0 Å². The molecular formula is C27H33N3O2. The van der Waals surface area contributed by atoms with Crippen molar-refractivity contribution in [2.45, 2.75) is 52.9 Å². The largest absolute Gasteiger partial charge is 0.475 e. The number of aromatic amines is 1. The highest BCUT2D eigenvalue weighted by molar-refractivity contribution is 5.97. The molecule has 2 aromatic carbocycles. The lowest BCUT2D eigenvalue weighted by Gasteiger charge is -2.37. The highest BCUT2D eigenvalue weighted by Gasteiger charge is 2.34. The van der Waals surface area contributed by atoms with Gasteiger partial charge in [0.15, 0.2) is 0 Å². The average molecular weight is 432 g/mol. The number of para-hydroxylation sites is 1. The number of H-pyrrole nitrogens is 1. The molecule has 168 valence electrons. The first kappa shape index (κ1) is 22.0. The molecule has 0 radical (unpaired) electrons. The van der Waals surface area contributed by atoms with E-state index in [1.54, 1.807) is 0 Å². The van der Waals surface area contributed by atoms with Gasteiger partial charge in [-0.05, 0) is 37.8 Å². The Balaban J connectivity index is 1.79. The number of ether oxygens (including phenoxy) is 2. The van der Waals surface area contributed by atoms with Gasteiger partial charge in [0.1, 0.15) is 18.3 Å². The highest BCUT2D eigenvalue weighted by Crippen LogP contribution is 2.35. The Morgan fingerprint density at radius 1 is 1.00 bits per heavy atom. The maximum Gasteiger partial charge on any atom is 0.217 e. The second-order valence-electron chi connectivity index (χ2n) is 9.05. The lowest BCUT2D eigenvalue weighted by Crippen LogP contribution is -2.44. The Hall–Kier alpha value is -3.21. The predicted molar refractivity (Wildman–Crippen MR) is 131 cm³/mol. The lowest BCUT2D eigenvalue weighted by atomic mass is 10.0. The van der Waals surface area contributed by atoms with Crippen molar-refractivity contribution in [3.8, 4) is 0 Å². The topological polar surface area (TPSA) is 49.9 Å². The number of rotatable bonds is 7. The molecule has 1 aliphatic rings. The van der Waals surface area contributed by atoms with Crippen molar-refractivity contribution in [1.82, 2.24) is 9.88 Å². The van der Waals surface area contributed by atoms with E-state index in [4.69, 9.17) is 14.5 Å². The number of nitrogens with one attached hydrogen (secondary N) is 1. The molecule has 0 bridgehead atoms. The maximum atomic E-state index is 6.36. The van der Waals surface area contributed by atoms with Gasteiger partial charge in [0, 0.05) is 29.7 Å². The van der Waals surface area contributed by atoms with Gasteiger partial charge in [0.25, 0.3) is 0 Å². The smallest absolute Gasteiger partial charge is 0.217 e. The van der Waals surface area contributed by atoms with Gasteiger partial charge in [-0.3, -0.25) is 0 Å². The summed E-state index contributed by atoms with van der Waals surface area (Å²) in [6.07, 6.45) is 2.98. The van der Waals surface area contributed by atoms with E-state index in [1.807, 2.05) is 36.5 Å². The molecule has 0 amide bonds. The average Bonchev–Trinajstić information content (AvgIpc) is 3.20. The minimum absolute atomic E-state index is 0.0152. The number of nitrogens with zero attached hydrogens (tertiary/aromatic N) is 2. The van der Waals surface area contributed by atoms with Crippen LogP contribution in [-0.2, 0) is 16.1 Å². The summed E-state index contributed by atoms with van der Waals surface area (Å²) < 4.78 is 12.7. The Kier molecular flexibility index (Phi) is 6.54. The minimum Gasteiger partial charge on any atom is -0.475 e. The number of hydrogen-bond donors (Lipinski definition) is 1. The molecule has 0 fully saturated rings. The molecule has 32 heavy (non-hydrogen) atoms. The summed E-state index contributed by atoms with van der Waals surface area (Å²) >= 11 is 0. The minimum atomic E-state index is 0.0152. The van der Waals surface area contributed by atoms with E-state index in [0.29, 0.717) is 12.5 Å². The van der Waals surface area contributed by atoms with Gasteiger partial charge in [0.05, 0.1) is 6.10 Å². The van der Waals surface area contributed by atoms with Crippen molar-refractivity contribution in [3.63, 3.8) is 0 Å². The van der Waals surface area contributed by atoms with E-state index in [2.05, 4.69) is 68.9 Å². The third kappa shape index (κ3) is 4.67. The normalized spacial score (nSPS) is 16.8. The first-order valence-corrected chi connectivity index (χ1v) is 11.4. The predicted octanol–water partition coefficient (Wildman–Crippen LogP) is 6.19. The van der Waals surface area contributed by atoms with Crippen molar-refractivity contribution in [1.29, 1.82) is 0 Å². The molecular weight excluding hydrogens is 398 g/mol. The Bertz CT molecular complexity index is 1110. The number of benzene rings is 2. The monoisotopic (exact) mass is 431 g/mol. The summed E-state index contributed by atoms with van der Waals surface area (Å²) in [6.45, 7) is 9.05. The fourth-order valence-corrected chi connectivity index (χ4v) is 4.08. The van der Waals surface area contributed by atoms with Crippen molar-refractivity contribution in [2.24, 2.45) is 10.9 Å². The molecule has 5 nitrogen and oxygen atoms in total. The van der Waals surface area contributed by atoms with Gasteiger partial charge in [0.2, 0.25) is 11.8 Å². The molecule has 1 aromatic heterocycles. The summed E-state index contributed by atoms with van der Waals surface area (Å²) in [5, 5.41) is 1.12. The second kappa shape index (κ2) is 9.51. The molecule has 0 saturated carbocycles. The summed E-state index contributed by atoms with van der Waals surface area (Å²) in [4.78, 5) is 10.7. The van der Waals surface area contributed by atoms with E-state index in [9.17, 15) is 0 Å². The standard InChI is InChI=1S/C27H33N3O2/c1-18(2)15-24-26(31-17-20-11-7-6-8-12-20)29-25(27(30(24)5)32-19(3)4)22-16-28-23-14-10-9-13-21(22)23/h6-14,16,18-19,24,28H,15,17H2,1-5H3. The third-order valence-electron chi connectivity index (χ3n) is 5.61. The van der Waals surface area contributed by atoms with Gasteiger partial charge in [-0.25, -0.2) is 4.99 Å². The first-order valence-electron chi connectivity index (χ1n) is 11.4. The quantitative estimate of drug-likeness (QED) is 0.485. The van der Waals surface area contributed by atoms with Crippen LogP contribution in [0, 0.1) is 5.92 Å². The van der Waals surface area contributed by atoms with E-state index in [-0.39, 0.29) is 12.1 Å². The summed E-state index contributed by atoms with van der Waals surface area (Å²) in [5.41, 5.74) is 4.03. The van der Waals surface area contributed by atoms with Gasteiger partial charge >= 0.3 is 0 Å². The second-order valence-corrected chi connectivity index (χ2v) is 9.05. The number of aromatic nitrogens is 1. The van der Waals surface area contributed by atoms with Crippen LogP contribution in [0.5, 0.6) is 0 Å². The number of hydrogen-bond acceptors (Lipinski definition) is 4. The number of likely N-dealkylation sites (N-methyl/N-ethyl adjacent to an activating group) is 1. The molecule has 3 aromatic rings. The summed E-state index contributed by atoms with van der Waals surface area (Å²) in [5.74, 6) is 2.02. The van der Waals surface area contributed by atoms with Gasteiger partial charge in [-0.1, -0.05) is 62.4 Å². The molecule has 0 aliphatic carbocycles. The lowest BCUT2D eigenvalue weighted by molar-refractivity contribution is 0.0643. The molecule has 4 rings (SSSR count). The number of aliphatic imine (C=N–C) groups is 1. The SMILES string of the molecule is CC(C)CC1C(OCc2ccccc2)=NC(c2c[nH]c3ccccc23)=C(OC(C)C)N1C. The van der Waals surface area contributed by atoms with E-state index >= 15 is 0 Å². The van der Waals surface area contributed by atoms with Crippen molar-refractivity contribution < 1.29 is 9.47 Å². The summed E-state index contributed by atoms with van der Waals surface area (Å²) in [7, 11) is 2.08. The molecule has 1 atom stereocenters. The Morgan fingerprint density at radius 2 is 1.72 bits per heavy atom. The Labute approximate surface area is 190 Å². The molecule has 2 heterocycles. The molecule has 5 heteroatoms. The fraction of sp³-hybridized carbons (Fsp3) is 0.370. The van der Waals surface area contributed by atoms with Gasteiger partial charge < -0.3 is 19.4 Å². The maximum absolute atomic E-state index is 6.36. The van der Waals surface area contributed by atoms with E-state index in [0.717, 1.165) is 45.9 Å². The van der Waals surface area contributed by atoms with Crippen LogP contribution in [-0.4, -0.2) is 35.0 Å². The number of fused-ring (bicyclic) bond motifs is 1. The van der Waals surface area contributed by atoms with Crippen LogP contribution in [0.3, 0.4) is 0 Å². The zero-order chi connectivity index (χ0) is 22.7. The zero-order valence-electron chi connectivity index (χ0n) is 19.6. The van der Waals surface area contributed by atoms with Crippen LogP contribution < -0.4 is 0 Å². The highest BCUT2D eigenvalue weighted by atomic mass is 16.5. The van der Waals surface area contributed by atoms with Crippen LogP contribution in [0.25, 0.3) is 16.6 Å². The first-order chi connectivity index (χ1) is 15.4. The molecule has 0 spiro atoms. The van der Waals surface area contributed by atoms with Crippen LogP contribution in [0.2, 0.25) is 0 Å². The van der Waals surface area contributed by atoms with E-state index < -0.39 is 0 Å². The fourth-order valence-electron chi connectivity index (χ4n) is 4.08. The summed E-state index contributed by atoms with van der Waals surface area (Å²) in [6, 6.07) is 18.5.